The van der Waals surface area contributed by atoms with Crippen LogP contribution in [0.3, 0.4) is 0 Å². The molecule has 0 saturated heterocycles. The summed E-state index contributed by atoms with van der Waals surface area (Å²) in [5, 5.41) is 5.07. The lowest BCUT2D eigenvalue weighted by molar-refractivity contribution is 0.661. The van der Waals surface area contributed by atoms with Gasteiger partial charge in [-0.15, -0.1) is 0 Å². The Morgan fingerprint density at radius 3 is 2.06 bits per heavy atom. The van der Waals surface area contributed by atoms with Gasteiger partial charge in [-0.05, 0) is 81.4 Å². The van der Waals surface area contributed by atoms with Crippen molar-refractivity contribution in [3.63, 3.8) is 0 Å². The summed E-state index contributed by atoms with van der Waals surface area (Å²) >= 11 is 0. The molecule has 47 heavy (non-hydrogen) atoms. The van der Waals surface area contributed by atoms with E-state index < -0.39 is 0 Å². The van der Waals surface area contributed by atoms with Crippen molar-refractivity contribution in [3.8, 4) is 39.1 Å². The molecule has 2 heteroatoms. The average molecular weight is 601 g/mol. The summed E-state index contributed by atoms with van der Waals surface area (Å²) in [5.74, 6) is 0. The molecule has 10 rings (SSSR count). The number of nitrogens with zero attached hydrogens (tertiary/aromatic N) is 1. The summed E-state index contributed by atoms with van der Waals surface area (Å²) in [6, 6.07) is 55.7. The largest absolute Gasteiger partial charge is 0.354 e. The monoisotopic (exact) mass is 600 g/mol. The Labute approximate surface area is 273 Å². The normalized spacial score (nSPS) is 13.5. The second-order valence-electron chi connectivity index (χ2n) is 13.5. The number of nitrogens with one attached hydrogen (secondary N) is 1. The first-order valence-electron chi connectivity index (χ1n) is 16.4. The van der Waals surface area contributed by atoms with Crippen LogP contribution in [0.4, 0.5) is 0 Å². The van der Waals surface area contributed by atoms with Gasteiger partial charge in [0.05, 0.1) is 16.6 Å². The van der Waals surface area contributed by atoms with Gasteiger partial charge < -0.3 is 9.55 Å². The van der Waals surface area contributed by atoms with E-state index in [9.17, 15) is 0 Å². The highest BCUT2D eigenvalue weighted by Crippen LogP contribution is 2.51. The van der Waals surface area contributed by atoms with E-state index in [1.165, 1.54) is 93.8 Å². The second kappa shape index (κ2) is 9.57. The molecule has 0 fully saturated rings. The Morgan fingerprint density at radius 2 is 1.17 bits per heavy atom. The van der Waals surface area contributed by atoms with Crippen molar-refractivity contribution < 1.29 is 0 Å². The third kappa shape index (κ3) is 3.73. The number of aromatic nitrogens is 2. The number of fused-ring (bicyclic) bond motifs is 10. The molecule has 0 aliphatic heterocycles. The number of hydrogen-bond donors (Lipinski definition) is 1. The zero-order valence-electron chi connectivity index (χ0n) is 26.4. The SMILES string of the molecule is CC1(C)c2ccccc2-c2c1ccc1c2[nH]c2ccc(-c3ccc4c(c3)c3ccccc3n4-c3cccc(-c4ccccc4)c3)cc21. The van der Waals surface area contributed by atoms with Crippen molar-refractivity contribution in [2.24, 2.45) is 0 Å². The molecule has 0 spiro atoms. The lowest BCUT2D eigenvalue weighted by atomic mass is 9.82. The van der Waals surface area contributed by atoms with Crippen molar-refractivity contribution in [1.29, 1.82) is 0 Å². The standard InChI is InChI=1S/C45H32N2/c1-45(2)38-17-8-6-16-35(38)43-39(45)22-21-34-36-26-30(19-23-40(36)46-44(34)43)31-20-24-42-37(27-31)33-15-7-9-18-41(33)47(42)32-14-10-13-29(25-32)28-11-4-3-5-12-28/h3-27,46H,1-2H3. The van der Waals surface area contributed by atoms with Gasteiger partial charge in [0, 0.05) is 43.7 Å². The highest BCUT2D eigenvalue weighted by atomic mass is 15.0. The number of para-hydroxylation sites is 1. The minimum Gasteiger partial charge on any atom is -0.354 e. The van der Waals surface area contributed by atoms with E-state index in [0.29, 0.717) is 0 Å². The van der Waals surface area contributed by atoms with Crippen molar-refractivity contribution in [1.82, 2.24) is 9.55 Å². The first-order chi connectivity index (χ1) is 23.1. The fourth-order valence-electron chi connectivity index (χ4n) is 8.22. The summed E-state index contributed by atoms with van der Waals surface area (Å²) in [6.45, 7) is 4.69. The molecule has 0 atom stereocenters. The zero-order chi connectivity index (χ0) is 31.3. The third-order valence-corrected chi connectivity index (χ3v) is 10.5. The third-order valence-electron chi connectivity index (χ3n) is 10.5. The van der Waals surface area contributed by atoms with Gasteiger partial charge in [-0.25, -0.2) is 0 Å². The van der Waals surface area contributed by atoms with Crippen LogP contribution < -0.4 is 0 Å². The summed E-state index contributed by atoms with van der Waals surface area (Å²) in [6.07, 6.45) is 0. The smallest absolute Gasteiger partial charge is 0.0547 e. The molecule has 2 nitrogen and oxygen atoms in total. The van der Waals surface area contributed by atoms with E-state index in [1.54, 1.807) is 0 Å². The van der Waals surface area contributed by atoms with Gasteiger partial charge in [-0.1, -0.05) is 123 Å². The fraction of sp³-hybridized carbons (Fsp3) is 0.0667. The average Bonchev–Trinajstić information content (AvgIpc) is 3.74. The van der Waals surface area contributed by atoms with Crippen LogP contribution in [0.15, 0.2) is 152 Å². The second-order valence-corrected chi connectivity index (χ2v) is 13.5. The van der Waals surface area contributed by atoms with Crippen LogP contribution in [0.25, 0.3) is 82.7 Å². The summed E-state index contributed by atoms with van der Waals surface area (Å²) in [7, 11) is 0. The molecule has 222 valence electrons. The van der Waals surface area contributed by atoms with Gasteiger partial charge in [0.1, 0.15) is 0 Å². The van der Waals surface area contributed by atoms with Crippen molar-refractivity contribution in [3.05, 3.63) is 163 Å². The lowest BCUT2D eigenvalue weighted by Crippen LogP contribution is -2.14. The maximum atomic E-state index is 3.82. The summed E-state index contributed by atoms with van der Waals surface area (Å²) < 4.78 is 2.41. The van der Waals surface area contributed by atoms with E-state index in [0.717, 1.165) is 0 Å². The highest BCUT2D eigenvalue weighted by Gasteiger charge is 2.36. The Morgan fingerprint density at radius 1 is 0.468 bits per heavy atom. The fourth-order valence-corrected chi connectivity index (χ4v) is 8.22. The topological polar surface area (TPSA) is 20.7 Å². The van der Waals surface area contributed by atoms with E-state index >= 15 is 0 Å². The molecule has 0 amide bonds. The van der Waals surface area contributed by atoms with Crippen LogP contribution >= 0.6 is 0 Å². The van der Waals surface area contributed by atoms with Gasteiger partial charge in [0.2, 0.25) is 0 Å². The van der Waals surface area contributed by atoms with Gasteiger partial charge >= 0.3 is 0 Å². The molecule has 1 N–H and O–H groups in total. The Bertz CT molecular complexity index is 2700. The van der Waals surface area contributed by atoms with E-state index in [4.69, 9.17) is 0 Å². The molecule has 2 aromatic heterocycles. The van der Waals surface area contributed by atoms with Crippen molar-refractivity contribution >= 4 is 43.6 Å². The van der Waals surface area contributed by atoms with Crippen LogP contribution in [-0.2, 0) is 5.41 Å². The molecular weight excluding hydrogens is 569 g/mol. The van der Waals surface area contributed by atoms with Crippen LogP contribution in [0.1, 0.15) is 25.0 Å². The molecule has 0 unspecified atom stereocenters. The number of hydrogen-bond acceptors (Lipinski definition) is 0. The van der Waals surface area contributed by atoms with Crippen molar-refractivity contribution in [2.75, 3.05) is 0 Å². The van der Waals surface area contributed by atoms with Crippen molar-refractivity contribution in [2.45, 2.75) is 19.3 Å². The van der Waals surface area contributed by atoms with Gasteiger partial charge in [-0.2, -0.15) is 0 Å². The minimum atomic E-state index is -0.0139. The number of H-pyrrole nitrogens is 1. The molecule has 0 saturated carbocycles. The Hall–Kier alpha value is -5.86. The maximum Gasteiger partial charge on any atom is 0.0547 e. The Balaban J connectivity index is 1.14. The molecule has 7 aromatic carbocycles. The molecule has 0 bridgehead atoms. The van der Waals surface area contributed by atoms with Crippen LogP contribution in [0.2, 0.25) is 0 Å². The summed E-state index contributed by atoms with van der Waals surface area (Å²) in [4.78, 5) is 3.82. The predicted molar refractivity (Wildman–Crippen MR) is 199 cm³/mol. The minimum absolute atomic E-state index is 0.0139. The van der Waals surface area contributed by atoms with Gasteiger partial charge in [-0.3, -0.25) is 0 Å². The van der Waals surface area contributed by atoms with Crippen LogP contribution in [0, 0.1) is 0 Å². The quantitative estimate of drug-likeness (QED) is 0.208. The Kier molecular flexibility index (Phi) is 5.37. The molecule has 1 aliphatic carbocycles. The molecule has 9 aromatic rings. The first-order valence-corrected chi connectivity index (χ1v) is 16.4. The van der Waals surface area contributed by atoms with Gasteiger partial charge in [0.15, 0.2) is 0 Å². The highest BCUT2D eigenvalue weighted by molar-refractivity contribution is 6.15. The number of benzene rings is 7. The maximum absolute atomic E-state index is 3.82. The number of rotatable bonds is 3. The first kappa shape index (κ1) is 26.4. The zero-order valence-corrected chi connectivity index (χ0v) is 26.4. The van der Waals surface area contributed by atoms with E-state index in [1.807, 2.05) is 0 Å². The lowest BCUT2D eigenvalue weighted by Gasteiger charge is -2.21. The van der Waals surface area contributed by atoms with E-state index in [2.05, 4.69) is 175 Å². The van der Waals surface area contributed by atoms with Crippen LogP contribution in [0.5, 0.6) is 0 Å². The van der Waals surface area contributed by atoms with Gasteiger partial charge in [0.25, 0.3) is 0 Å². The predicted octanol–water partition coefficient (Wildman–Crippen LogP) is 12.1. The molecule has 1 aliphatic rings. The van der Waals surface area contributed by atoms with E-state index in [-0.39, 0.29) is 5.41 Å². The molecule has 2 heterocycles. The number of aromatic amines is 1. The molecular formula is C45H32N2. The molecule has 0 radical (unpaired) electrons. The van der Waals surface area contributed by atoms with Crippen LogP contribution in [-0.4, -0.2) is 9.55 Å². The summed E-state index contributed by atoms with van der Waals surface area (Å²) in [5.41, 5.74) is 16.4.